The zero-order valence-electron chi connectivity index (χ0n) is 19.8. The third-order valence-corrected chi connectivity index (χ3v) is 6.66. The van der Waals surface area contributed by atoms with Crippen LogP contribution in [0.3, 0.4) is 0 Å². The largest absolute Gasteiger partial charge is 0.385 e. The molecule has 5 rings (SSSR count). The summed E-state index contributed by atoms with van der Waals surface area (Å²) >= 11 is 0. The number of ketones is 1. The molecule has 0 bridgehead atoms. The van der Waals surface area contributed by atoms with Crippen molar-refractivity contribution in [2.45, 2.75) is 20.3 Å². The minimum atomic E-state index is -0.242. The summed E-state index contributed by atoms with van der Waals surface area (Å²) in [6.45, 7) is 4.95. The topological polar surface area (TPSA) is 66.5 Å². The second-order valence-corrected chi connectivity index (χ2v) is 8.96. The normalized spacial score (nSPS) is 12.8. The molecule has 0 saturated carbocycles. The van der Waals surface area contributed by atoms with Gasteiger partial charge in [0.05, 0.1) is 0 Å². The predicted molar refractivity (Wildman–Crippen MR) is 138 cm³/mol. The summed E-state index contributed by atoms with van der Waals surface area (Å²) in [4.78, 5) is 40.1. The molecule has 5 nitrogen and oxygen atoms in total. The first kappa shape index (κ1) is 22.5. The quantitative estimate of drug-likeness (QED) is 0.215. The first-order valence-corrected chi connectivity index (χ1v) is 11.8. The molecule has 1 aliphatic rings. The van der Waals surface area contributed by atoms with Crippen LogP contribution >= 0.6 is 0 Å². The summed E-state index contributed by atoms with van der Waals surface area (Å²) in [6.07, 6.45) is 0.610. The lowest BCUT2D eigenvalue weighted by molar-refractivity contribution is 0.0610. The number of anilines is 1. The van der Waals surface area contributed by atoms with Crippen LogP contribution in [0, 0.1) is 13.8 Å². The highest BCUT2D eigenvalue weighted by Gasteiger charge is 2.32. The number of nitrogens with one attached hydrogen (secondary N) is 1. The Morgan fingerprint density at radius 1 is 0.771 bits per heavy atom. The Kier molecular flexibility index (Phi) is 5.91. The van der Waals surface area contributed by atoms with E-state index in [4.69, 9.17) is 0 Å². The standard InChI is InChI=1S/C30H26N2O3/c1-19-10-11-23(18-20(19)2)28(33)22-12-14-24(15-13-22)31-16-5-17-32-29(34)25-8-3-6-21-7-4-9-26(27(21)25)30(32)35/h3-4,6-15,18,31H,5,16-17H2,1-2H3. The summed E-state index contributed by atoms with van der Waals surface area (Å²) < 4.78 is 0. The third kappa shape index (κ3) is 4.21. The number of imide groups is 1. The van der Waals surface area contributed by atoms with Crippen molar-refractivity contribution in [3.05, 3.63) is 112 Å². The minimum absolute atomic E-state index is 0.00271. The van der Waals surface area contributed by atoms with Crippen LogP contribution in [0.1, 0.15) is 54.2 Å². The van der Waals surface area contributed by atoms with E-state index in [1.54, 1.807) is 12.1 Å². The van der Waals surface area contributed by atoms with Gasteiger partial charge >= 0.3 is 0 Å². The molecule has 1 N–H and O–H groups in total. The van der Waals surface area contributed by atoms with Crippen molar-refractivity contribution in [2.75, 3.05) is 18.4 Å². The monoisotopic (exact) mass is 462 g/mol. The van der Waals surface area contributed by atoms with Gasteiger partial charge in [-0.3, -0.25) is 19.3 Å². The van der Waals surface area contributed by atoms with Crippen LogP contribution in [0.25, 0.3) is 10.8 Å². The van der Waals surface area contributed by atoms with Gasteiger partial charge in [0, 0.05) is 46.4 Å². The Morgan fingerprint density at radius 3 is 2.03 bits per heavy atom. The Morgan fingerprint density at radius 2 is 1.40 bits per heavy atom. The molecule has 0 atom stereocenters. The van der Waals surface area contributed by atoms with E-state index in [-0.39, 0.29) is 17.6 Å². The highest BCUT2D eigenvalue weighted by atomic mass is 16.2. The zero-order valence-corrected chi connectivity index (χ0v) is 19.8. The van der Waals surface area contributed by atoms with Crippen LogP contribution in [0.4, 0.5) is 5.69 Å². The molecule has 1 aliphatic heterocycles. The molecule has 4 aromatic carbocycles. The molecule has 0 saturated heterocycles. The number of benzene rings is 4. The minimum Gasteiger partial charge on any atom is -0.385 e. The summed E-state index contributed by atoms with van der Waals surface area (Å²) in [6, 6.07) is 24.2. The molecule has 1 heterocycles. The lowest BCUT2D eigenvalue weighted by atomic mass is 9.94. The van der Waals surface area contributed by atoms with Gasteiger partial charge in [0.25, 0.3) is 11.8 Å². The molecule has 4 aromatic rings. The van der Waals surface area contributed by atoms with E-state index in [1.807, 2.05) is 80.6 Å². The van der Waals surface area contributed by atoms with Gasteiger partial charge in [-0.15, -0.1) is 0 Å². The lowest BCUT2D eigenvalue weighted by Crippen LogP contribution is -2.41. The second kappa shape index (κ2) is 9.18. The first-order chi connectivity index (χ1) is 16.9. The fourth-order valence-corrected chi connectivity index (χ4v) is 4.54. The number of hydrogen-bond acceptors (Lipinski definition) is 4. The van der Waals surface area contributed by atoms with Crippen LogP contribution in [0.5, 0.6) is 0 Å². The van der Waals surface area contributed by atoms with E-state index in [0.717, 1.165) is 27.6 Å². The van der Waals surface area contributed by atoms with Crippen molar-refractivity contribution in [3.63, 3.8) is 0 Å². The van der Waals surface area contributed by atoms with E-state index in [1.165, 1.54) is 4.90 Å². The Balaban J connectivity index is 1.19. The number of nitrogens with zero attached hydrogens (tertiary/aromatic N) is 1. The molecule has 35 heavy (non-hydrogen) atoms. The van der Waals surface area contributed by atoms with E-state index in [2.05, 4.69) is 5.32 Å². The molecule has 0 aromatic heterocycles. The van der Waals surface area contributed by atoms with E-state index < -0.39 is 0 Å². The highest BCUT2D eigenvalue weighted by molar-refractivity contribution is 6.25. The average molecular weight is 463 g/mol. The van der Waals surface area contributed by atoms with Crippen molar-refractivity contribution < 1.29 is 14.4 Å². The van der Waals surface area contributed by atoms with Gasteiger partial charge in [0.1, 0.15) is 0 Å². The van der Waals surface area contributed by atoms with Crippen molar-refractivity contribution >= 4 is 34.1 Å². The van der Waals surface area contributed by atoms with Crippen LogP contribution in [0.15, 0.2) is 78.9 Å². The Labute approximate surface area is 204 Å². The third-order valence-electron chi connectivity index (χ3n) is 6.66. The van der Waals surface area contributed by atoms with E-state index in [0.29, 0.717) is 41.8 Å². The zero-order chi connectivity index (χ0) is 24.5. The number of amides is 2. The SMILES string of the molecule is Cc1ccc(C(=O)c2ccc(NCCCN3C(=O)c4cccc5cccc(c45)C3=O)cc2)cc1C. The van der Waals surface area contributed by atoms with Gasteiger partial charge in [0.2, 0.25) is 0 Å². The van der Waals surface area contributed by atoms with Crippen molar-refractivity contribution in [3.8, 4) is 0 Å². The Bertz CT molecular complexity index is 1420. The van der Waals surface area contributed by atoms with Crippen molar-refractivity contribution in [2.24, 2.45) is 0 Å². The van der Waals surface area contributed by atoms with Gasteiger partial charge in [-0.2, -0.15) is 0 Å². The summed E-state index contributed by atoms with van der Waals surface area (Å²) in [5, 5.41) is 4.96. The molecular weight excluding hydrogens is 436 g/mol. The van der Waals surface area contributed by atoms with Gasteiger partial charge in [0.15, 0.2) is 5.78 Å². The van der Waals surface area contributed by atoms with E-state index >= 15 is 0 Å². The fourth-order valence-electron chi connectivity index (χ4n) is 4.54. The number of aryl methyl sites for hydroxylation is 2. The van der Waals surface area contributed by atoms with Crippen LogP contribution in [0.2, 0.25) is 0 Å². The van der Waals surface area contributed by atoms with Gasteiger partial charge < -0.3 is 5.32 Å². The number of carbonyl (C=O) groups is 3. The molecule has 174 valence electrons. The summed E-state index contributed by atoms with van der Waals surface area (Å²) in [7, 11) is 0. The lowest BCUT2D eigenvalue weighted by Gasteiger charge is -2.27. The first-order valence-electron chi connectivity index (χ1n) is 11.8. The van der Waals surface area contributed by atoms with E-state index in [9.17, 15) is 14.4 Å². The molecule has 2 amide bonds. The van der Waals surface area contributed by atoms with Crippen LogP contribution in [-0.4, -0.2) is 35.6 Å². The Hall–Kier alpha value is -4.25. The maximum atomic E-state index is 13.0. The van der Waals surface area contributed by atoms with Gasteiger partial charge in [-0.25, -0.2) is 0 Å². The fraction of sp³-hybridized carbons (Fsp3) is 0.167. The smallest absolute Gasteiger partial charge is 0.261 e. The molecule has 0 aliphatic carbocycles. The number of carbonyl (C=O) groups excluding carboxylic acids is 3. The highest BCUT2D eigenvalue weighted by Crippen LogP contribution is 2.30. The molecule has 0 radical (unpaired) electrons. The van der Waals surface area contributed by atoms with Crippen LogP contribution in [-0.2, 0) is 0 Å². The maximum Gasteiger partial charge on any atom is 0.261 e. The summed E-state index contributed by atoms with van der Waals surface area (Å²) in [5.74, 6) is -0.487. The van der Waals surface area contributed by atoms with Crippen molar-refractivity contribution in [1.29, 1.82) is 0 Å². The maximum absolute atomic E-state index is 13.0. The molecule has 0 spiro atoms. The molecule has 0 fully saturated rings. The second-order valence-electron chi connectivity index (χ2n) is 8.96. The van der Waals surface area contributed by atoms with Crippen molar-refractivity contribution in [1.82, 2.24) is 4.90 Å². The number of rotatable bonds is 7. The molecule has 0 unspecified atom stereocenters. The molecular formula is C30H26N2O3. The number of hydrogen-bond donors (Lipinski definition) is 1. The van der Waals surface area contributed by atoms with Crippen LogP contribution < -0.4 is 5.32 Å². The van der Waals surface area contributed by atoms with Gasteiger partial charge in [-0.1, -0.05) is 36.4 Å². The predicted octanol–water partition coefficient (Wildman–Crippen LogP) is 5.79. The van der Waals surface area contributed by atoms with Gasteiger partial charge in [-0.05, 0) is 79.2 Å². The summed E-state index contributed by atoms with van der Waals surface area (Å²) in [5.41, 5.74) is 5.62. The average Bonchev–Trinajstić information content (AvgIpc) is 2.88. The molecule has 5 heteroatoms.